The molecule has 0 saturated carbocycles. The molecule has 0 spiro atoms. The zero-order chi connectivity index (χ0) is 9.19. The van der Waals surface area contributed by atoms with Gasteiger partial charge in [-0.15, -0.1) is 0 Å². The van der Waals surface area contributed by atoms with Crippen LogP contribution in [-0.2, 0) is 0 Å². The fraction of sp³-hybridized carbons (Fsp3) is 0.600. The van der Waals surface area contributed by atoms with Crippen LogP contribution in [0.2, 0.25) is 0 Å². The van der Waals surface area contributed by atoms with Gasteiger partial charge in [0.25, 0.3) is 0 Å². The molecule has 0 radical (unpaired) electrons. The molecule has 1 rings (SSSR count). The Morgan fingerprint density at radius 1 is 1.42 bits per heavy atom. The highest BCUT2D eigenvalue weighted by atomic mass is 16.3. The van der Waals surface area contributed by atoms with Gasteiger partial charge in [-0.2, -0.15) is 0 Å². The smallest absolute Gasteiger partial charge is 0.0585 e. The lowest BCUT2D eigenvalue weighted by Crippen LogP contribution is -2.45. The van der Waals surface area contributed by atoms with Gasteiger partial charge in [-0.1, -0.05) is 26.0 Å². The number of allylic oxidation sites excluding steroid dienone is 2. The van der Waals surface area contributed by atoms with Gasteiger partial charge in [0.1, 0.15) is 0 Å². The molecule has 0 saturated heterocycles. The van der Waals surface area contributed by atoms with Crippen LogP contribution in [0.15, 0.2) is 24.4 Å². The minimum Gasteiger partial charge on any atom is -0.393 e. The molecule has 0 bridgehead atoms. The second kappa shape index (κ2) is 3.31. The number of aliphatic hydroxyl groups is 1. The molecular formula is C10H17NO. The minimum atomic E-state index is -0.314. The van der Waals surface area contributed by atoms with E-state index in [1.807, 2.05) is 25.3 Å². The van der Waals surface area contributed by atoms with Crippen molar-refractivity contribution in [1.82, 2.24) is 5.32 Å². The zero-order valence-electron chi connectivity index (χ0n) is 7.91. The van der Waals surface area contributed by atoms with E-state index in [1.165, 1.54) is 0 Å². The van der Waals surface area contributed by atoms with E-state index >= 15 is 0 Å². The number of aliphatic hydroxyl groups excluding tert-OH is 1. The van der Waals surface area contributed by atoms with Crippen LogP contribution >= 0.6 is 0 Å². The molecule has 0 aromatic heterocycles. The summed E-state index contributed by atoms with van der Waals surface area (Å²) in [5.41, 5.74) is -0.124. The lowest BCUT2D eigenvalue weighted by molar-refractivity contribution is 0.0510. The summed E-state index contributed by atoms with van der Waals surface area (Å²) in [6, 6.07) is 0.225. The molecule has 2 N–H and O–H groups in total. The fourth-order valence-electron chi connectivity index (χ4n) is 1.17. The lowest BCUT2D eigenvalue weighted by atomic mass is 9.79. The normalized spacial score (nSPS) is 25.2. The number of rotatable bonds is 2. The van der Waals surface area contributed by atoms with Crippen molar-refractivity contribution < 1.29 is 5.11 Å². The standard InChI is InChI=1S/C10H17NO/c1-8(12)10(2,3)9-6-4-5-7-11-9/h4-9,11-12H,1-3H3. The highest BCUT2D eigenvalue weighted by Crippen LogP contribution is 2.27. The number of hydrogen-bond acceptors (Lipinski definition) is 2. The molecule has 12 heavy (non-hydrogen) atoms. The van der Waals surface area contributed by atoms with Crippen LogP contribution in [0.3, 0.4) is 0 Å². The van der Waals surface area contributed by atoms with Gasteiger partial charge >= 0.3 is 0 Å². The van der Waals surface area contributed by atoms with Gasteiger partial charge in [0.05, 0.1) is 12.1 Å². The van der Waals surface area contributed by atoms with Crippen molar-refractivity contribution in [1.29, 1.82) is 0 Å². The molecule has 1 aliphatic heterocycles. The third-order valence-corrected chi connectivity index (χ3v) is 2.66. The Kier molecular flexibility index (Phi) is 2.58. The van der Waals surface area contributed by atoms with Gasteiger partial charge in [0.15, 0.2) is 0 Å². The predicted octanol–water partition coefficient (Wildman–Crippen LogP) is 1.44. The molecule has 2 atom stereocenters. The molecule has 1 aliphatic rings. The van der Waals surface area contributed by atoms with Crippen molar-refractivity contribution in [3.05, 3.63) is 24.4 Å². The van der Waals surface area contributed by atoms with E-state index in [0.29, 0.717) is 0 Å². The Morgan fingerprint density at radius 3 is 2.50 bits per heavy atom. The summed E-state index contributed by atoms with van der Waals surface area (Å²) in [5, 5.41) is 12.7. The average Bonchev–Trinajstić information content (AvgIpc) is 2.06. The van der Waals surface area contributed by atoms with Crippen LogP contribution in [-0.4, -0.2) is 17.3 Å². The molecule has 2 unspecified atom stereocenters. The van der Waals surface area contributed by atoms with E-state index in [4.69, 9.17) is 0 Å². The van der Waals surface area contributed by atoms with Crippen molar-refractivity contribution in [3.8, 4) is 0 Å². The third-order valence-electron chi connectivity index (χ3n) is 2.66. The minimum absolute atomic E-state index is 0.124. The number of hydrogen-bond donors (Lipinski definition) is 2. The monoisotopic (exact) mass is 167 g/mol. The average molecular weight is 167 g/mol. The summed E-state index contributed by atoms with van der Waals surface area (Å²) < 4.78 is 0. The van der Waals surface area contributed by atoms with E-state index in [1.54, 1.807) is 0 Å². The summed E-state index contributed by atoms with van der Waals surface area (Å²) in [4.78, 5) is 0. The number of dihydropyridines is 1. The Labute approximate surface area is 74.0 Å². The van der Waals surface area contributed by atoms with Crippen LogP contribution in [0.1, 0.15) is 20.8 Å². The molecule has 0 aliphatic carbocycles. The van der Waals surface area contributed by atoms with Gasteiger partial charge in [-0.05, 0) is 19.2 Å². The van der Waals surface area contributed by atoms with Crippen LogP contribution in [0.4, 0.5) is 0 Å². The second-order valence-corrected chi connectivity index (χ2v) is 3.89. The summed E-state index contributed by atoms with van der Waals surface area (Å²) in [6.07, 6.45) is 7.63. The molecule has 2 nitrogen and oxygen atoms in total. The van der Waals surface area contributed by atoms with E-state index in [-0.39, 0.29) is 17.6 Å². The van der Waals surface area contributed by atoms with Crippen LogP contribution in [0.25, 0.3) is 0 Å². The van der Waals surface area contributed by atoms with Crippen molar-refractivity contribution in [2.75, 3.05) is 0 Å². The Balaban J connectivity index is 2.69. The SMILES string of the molecule is CC(O)C(C)(C)C1C=CC=CN1. The maximum Gasteiger partial charge on any atom is 0.0585 e. The van der Waals surface area contributed by atoms with Crippen LogP contribution in [0.5, 0.6) is 0 Å². The molecule has 1 heterocycles. The first kappa shape index (κ1) is 9.33. The summed E-state index contributed by atoms with van der Waals surface area (Å²) in [7, 11) is 0. The topological polar surface area (TPSA) is 32.3 Å². The Morgan fingerprint density at radius 2 is 2.08 bits per heavy atom. The summed E-state index contributed by atoms with van der Waals surface area (Å²) in [5.74, 6) is 0. The van der Waals surface area contributed by atoms with Gasteiger partial charge in [0, 0.05) is 5.41 Å². The fourth-order valence-corrected chi connectivity index (χ4v) is 1.17. The molecule has 0 amide bonds. The van der Waals surface area contributed by atoms with Crippen LogP contribution < -0.4 is 5.32 Å². The quantitative estimate of drug-likeness (QED) is 0.652. The largest absolute Gasteiger partial charge is 0.393 e. The first-order valence-corrected chi connectivity index (χ1v) is 4.32. The summed E-state index contributed by atoms with van der Waals surface area (Å²) in [6.45, 7) is 5.94. The highest BCUT2D eigenvalue weighted by molar-refractivity contribution is 5.15. The third kappa shape index (κ3) is 1.69. The Bertz CT molecular complexity index is 204. The maximum absolute atomic E-state index is 9.53. The van der Waals surface area contributed by atoms with Gasteiger partial charge in [0.2, 0.25) is 0 Å². The molecule has 0 aromatic rings. The van der Waals surface area contributed by atoms with Crippen molar-refractivity contribution in [2.24, 2.45) is 5.41 Å². The second-order valence-electron chi connectivity index (χ2n) is 3.89. The van der Waals surface area contributed by atoms with Gasteiger partial charge < -0.3 is 10.4 Å². The van der Waals surface area contributed by atoms with Gasteiger partial charge in [-0.3, -0.25) is 0 Å². The first-order chi connectivity index (χ1) is 5.55. The predicted molar refractivity (Wildman–Crippen MR) is 50.7 cm³/mol. The molecule has 68 valence electrons. The molecule has 0 aromatic carbocycles. The first-order valence-electron chi connectivity index (χ1n) is 4.32. The van der Waals surface area contributed by atoms with Crippen LogP contribution in [0, 0.1) is 5.41 Å². The van der Waals surface area contributed by atoms with E-state index < -0.39 is 0 Å². The highest BCUT2D eigenvalue weighted by Gasteiger charge is 2.32. The maximum atomic E-state index is 9.53. The molecule has 0 fully saturated rings. The van der Waals surface area contributed by atoms with E-state index in [9.17, 15) is 5.11 Å². The molecular weight excluding hydrogens is 150 g/mol. The molecule has 2 heteroatoms. The van der Waals surface area contributed by atoms with Crippen molar-refractivity contribution in [3.63, 3.8) is 0 Å². The van der Waals surface area contributed by atoms with E-state index in [2.05, 4.69) is 25.2 Å². The van der Waals surface area contributed by atoms with Gasteiger partial charge in [-0.25, -0.2) is 0 Å². The van der Waals surface area contributed by atoms with E-state index in [0.717, 1.165) is 0 Å². The van der Waals surface area contributed by atoms with Crippen molar-refractivity contribution in [2.45, 2.75) is 32.9 Å². The summed E-state index contributed by atoms with van der Waals surface area (Å²) >= 11 is 0. The lowest BCUT2D eigenvalue weighted by Gasteiger charge is -2.36. The number of nitrogens with one attached hydrogen (secondary N) is 1. The Hall–Kier alpha value is -0.760. The van der Waals surface area contributed by atoms with Crippen molar-refractivity contribution >= 4 is 0 Å². The zero-order valence-corrected chi connectivity index (χ0v) is 7.91.